The van der Waals surface area contributed by atoms with Crippen LogP contribution in [0, 0.1) is 0 Å². The van der Waals surface area contributed by atoms with Crippen LogP contribution in [0.4, 0.5) is 0 Å². The van der Waals surface area contributed by atoms with Gasteiger partial charge in [-0.05, 0) is 19.9 Å². The predicted molar refractivity (Wildman–Crippen MR) is 50.5 cm³/mol. The minimum atomic E-state index is 0.187. The molecule has 0 amide bonds. The number of hydrogen-bond donors (Lipinski definition) is 1. The van der Waals surface area contributed by atoms with Crippen molar-refractivity contribution in [3.63, 3.8) is 0 Å². The third-order valence-electron chi connectivity index (χ3n) is 2.86. The summed E-state index contributed by atoms with van der Waals surface area (Å²) in [5.74, 6) is 1.12. The Morgan fingerprint density at radius 1 is 1.69 bits per heavy atom. The van der Waals surface area contributed by atoms with Crippen LogP contribution >= 0.6 is 0 Å². The van der Waals surface area contributed by atoms with Crippen LogP contribution in [-0.4, -0.2) is 27.9 Å². The Kier molecular flexibility index (Phi) is 2.07. The van der Waals surface area contributed by atoms with Gasteiger partial charge in [-0.25, -0.2) is 0 Å². The Hall–Kier alpha value is -0.900. The molecule has 13 heavy (non-hydrogen) atoms. The minimum Gasteiger partial charge on any atom is -0.317 e. The van der Waals surface area contributed by atoms with Crippen LogP contribution in [0.25, 0.3) is 0 Å². The third kappa shape index (κ3) is 1.35. The predicted octanol–water partition coefficient (Wildman–Crippen LogP) is 0.549. The highest BCUT2D eigenvalue weighted by atomic mass is 15.3. The molecule has 4 nitrogen and oxygen atoms in total. The zero-order valence-electron chi connectivity index (χ0n) is 8.25. The number of aryl methyl sites for hydroxylation is 1. The summed E-state index contributed by atoms with van der Waals surface area (Å²) in [6, 6.07) is 0. The number of rotatable bonds is 2. The van der Waals surface area contributed by atoms with E-state index in [-0.39, 0.29) is 5.41 Å². The van der Waals surface area contributed by atoms with Gasteiger partial charge in [-0.3, -0.25) is 0 Å². The zero-order valence-corrected chi connectivity index (χ0v) is 8.25. The molecular weight excluding hydrogens is 164 g/mol. The fourth-order valence-electron chi connectivity index (χ4n) is 1.96. The van der Waals surface area contributed by atoms with Gasteiger partial charge in [-0.1, -0.05) is 6.92 Å². The second kappa shape index (κ2) is 3.10. The van der Waals surface area contributed by atoms with E-state index < -0.39 is 0 Å². The molecule has 1 atom stereocenters. The third-order valence-corrected chi connectivity index (χ3v) is 2.86. The van der Waals surface area contributed by atoms with Crippen molar-refractivity contribution in [3.8, 4) is 0 Å². The molecule has 1 N–H and O–H groups in total. The Bertz CT molecular complexity index is 286. The maximum absolute atomic E-state index is 4.21. The van der Waals surface area contributed by atoms with Gasteiger partial charge in [0.25, 0.3) is 0 Å². The molecule has 0 radical (unpaired) electrons. The lowest BCUT2D eigenvalue weighted by Crippen LogP contribution is -2.28. The summed E-state index contributed by atoms with van der Waals surface area (Å²) in [5.41, 5.74) is 0.187. The molecule has 1 aromatic rings. The summed E-state index contributed by atoms with van der Waals surface area (Å²) in [4.78, 5) is 0. The van der Waals surface area contributed by atoms with Crippen LogP contribution in [-0.2, 0) is 12.0 Å². The maximum atomic E-state index is 4.21. The van der Waals surface area contributed by atoms with Crippen LogP contribution in [0.15, 0.2) is 6.33 Å². The Balaban J connectivity index is 2.32. The van der Waals surface area contributed by atoms with E-state index in [0.29, 0.717) is 0 Å². The second-order valence-electron chi connectivity index (χ2n) is 3.93. The van der Waals surface area contributed by atoms with Gasteiger partial charge in [0.05, 0.1) is 0 Å². The minimum absolute atomic E-state index is 0.187. The molecule has 1 saturated heterocycles. The largest absolute Gasteiger partial charge is 0.317 e. The smallest absolute Gasteiger partial charge is 0.140 e. The molecule has 0 saturated carbocycles. The molecule has 1 fully saturated rings. The first-order valence-corrected chi connectivity index (χ1v) is 4.85. The molecule has 0 bridgehead atoms. The highest BCUT2D eigenvalue weighted by Gasteiger charge is 2.34. The van der Waals surface area contributed by atoms with Gasteiger partial charge in [0, 0.05) is 18.5 Å². The second-order valence-corrected chi connectivity index (χ2v) is 3.93. The number of aromatic nitrogens is 3. The molecule has 0 aromatic carbocycles. The fraction of sp³-hybridized carbons (Fsp3) is 0.778. The topological polar surface area (TPSA) is 42.7 Å². The summed E-state index contributed by atoms with van der Waals surface area (Å²) < 4.78 is 2.13. The van der Waals surface area contributed by atoms with Crippen LogP contribution in [0.2, 0.25) is 0 Å². The summed E-state index contributed by atoms with van der Waals surface area (Å²) in [6.07, 6.45) is 2.98. The first kappa shape index (κ1) is 8.69. The first-order valence-electron chi connectivity index (χ1n) is 4.85. The van der Waals surface area contributed by atoms with Gasteiger partial charge in [-0.2, -0.15) is 0 Å². The van der Waals surface area contributed by atoms with Gasteiger partial charge in [-0.15, -0.1) is 10.2 Å². The van der Waals surface area contributed by atoms with E-state index in [4.69, 9.17) is 0 Å². The van der Waals surface area contributed by atoms with Crippen molar-refractivity contribution in [1.29, 1.82) is 0 Å². The van der Waals surface area contributed by atoms with Crippen molar-refractivity contribution >= 4 is 0 Å². The van der Waals surface area contributed by atoms with E-state index in [1.165, 1.54) is 0 Å². The number of nitrogens with one attached hydrogen (secondary N) is 1. The lowest BCUT2D eigenvalue weighted by Gasteiger charge is -2.21. The van der Waals surface area contributed by atoms with Crippen molar-refractivity contribution in [2.45, 2.75) is 32.2 Å². The number of nitrogens with zero attached hydrogens (tertiary/aromatic N) is 3. The molecule has 1 aromatic heterocycles. The lowest BCUT2D eigenvalue weighted by atomic mass is 9.89. The molecule has 72 valence electrons. The monoisotopic (exact) mass is 180 g/mol. The van der Waals surface area contributed by atoms with Crippen LogP contribution < -0.4 is 5.32 Å². The molecule has 1 unspecified atom stereocenters. The van der Waals surface area contributed by atoms with Crippen LogP contribution in [0.1, 0.15) is 26.1 Å². The zero-order chi connectivity index (χ0) is 9.31. The normalized spacial score (nSPS) is 28.2. The van der Waals surface area contributed by atoms with Gasteiger partial charge >= 0.3 is 0 Å². The van der Waals surface area contributed by atoms with Gasteiger partial charge < -0.3 is 9.88 Å². The van der Waals surface area contributed by atoms with E-state index in [9.17, 15) is 0 Å². The van der Waals surface area contributed by atoms with Crippen molar-refractivity contribution in [1.82, 2.24) is 20.1 Å². The van der Waals surface area contributed by atoms with E-state index in [1.807, 2.05) is 6.33 Å². The van der Waals surface area contributed by atoms with Crippen molar-refractivity contribution in [3.05, 3.63) is 12.2 Å². The molecule has 4 heteroatoms. The molecule has 1 aliphatic heterocycles. The highest BCUT2D eigenvalue weighted by Crippen LogP contribution is 2.27. The van der Waals surface area contributed by atoms with Gasteiger partial charge in [0.1, 0.15) is 12.2 Å². The van der Waals surface area contributed by atoms with Crippen LogP contribution in [0.5, 0.6) is 0 Å². The lowest BCUT2D eigenvalue weighted by molar-refractivity contribution is 0.459. The molecular formula is C9H16N4. The standard InChI is InChI=1S/C9H16N4/c1-3-13-7-11-12-8(13)9(2)4-5-10-6-9/h7,10H,3-6H2,1-2H3. The van der Waals surface area contributed by atoms with Crippen molar-refractivity contribution < 1.29 is 0 Å². The van der Waals surface area contributed by atoms with E-state index >= 15 is 0 Å². The van der Waals surface area contributed by atoms with E-state index in [2.05, 4.69) is 33.9 Å². The summed E-state index contributed by atoms with van der Waals surface area (Å²) in [6.45, 7) is 7.44. The Labute approximate surface area is 78.4 Å². The average molecular weight is 180 g/mol. The highest BCUT2D eigenvalue weighted by molar-refractivity contribution is 5.10. The maximum Gasteiger partial charge on any atom is 0.140 e. The number of hydrogen-bond acceptors (Lipinski definition) is 3. The van der Waals surface area contributed by atoms with Crippen molar-refractivity contribution in [2.24, 2.45) is 0 Å². The Morgan fingerprint density at radius 3 is 3.15 bits per heavy atom. The van der Waals surface area contributed by atoms with Crippen molar-refractivity contribution in [2.75, 3.05) is 13.1 Å². The summed E-state index contributed by atoms with van der Waals surface area (Å²) >= 11 is 0. The SMILES string of the molecule is CCn1cnnc1C1(C)CCNC1. The molecule has 1 aliphatic rings. The summed E-state index contributed by atoms with van der Waals surface area (Å²) in [5, 5.41) is 11.6. The quantitative estimate of drug-likeness (QED) is 0.722. The molecule has 2 heterocycles. The molecule has 2 rings (SSSR count). The summed E-state index contributed by atoms with van der Waals surface area (Å²) in [7, 11) is 0. The Morgan fingerprint density at radius 2 is 2.54 bits per heavy atom. The fourth-order valence-corrected chi connectivity index (χ4v) is 1.96. The van der Waals surface area contributed by atoms with E-state index in [1.54, 1.807) is 0 Å². The average Bonchev–Trinajstić information content (AvgIpc) is 2.72. The van der Waals surface area contributed by atoms with Gasteiger partial charge in [0.2, 0.25) is 0 Å². The molecule has 0 spiro atoms. The van der Waals surface area contributed by atoms with E-state index in [0.717, 1.165) is 31.9 Å². The van der Waals surface area contributed by atoms with Crippen LogP contribution in [0.3, 0.4) is 0 Å². The first-order chi connectivity index (χ1) is 6.26. The molecule has 0 aliphatic carbocycles. The van der Waals surface area contributed by atoms with Gasteiger partial charge in [0.15, 0.2) is 0 Å².